The van der Waals surface area contributed by atoms with E-state index in [1.807, 2.05) is 0 Å². The molecule has 0 atom stereocenters. The lowest BCUT2D eigenvalue weighted by molar-refractivity contribution is -0.749. The zero-order chi connectivity index (χ0) is 4.50. The van der Waals surface area contributed by atoms with Crippen LogP contribution in [0.4, 0.5) is 0 Å². The Balaban J connectivity index is 3.02. The predicted molar refractivity (Wildman–Crippen MR) is 26.6 cm³/mol. The Morgan fingerprint density at radius 1 is 1.20 bits per heavy atom. The molecule has 1 nitrogen and oxygen atoms in total. The first-order valence-electron chi connectivity index (χ1n) is 1.79. The molecular formula is C3H11BN+. The van der Waals surface area contributed by atoms with Crippen LogP contribution in [0.2, 0.25) is 0 Å². The van der Waals surface area contributed by atoms with Crippen molar-refractivity contribution < 1.29 is 4.39 Å². The van der Waals surface area contributed by atoms with E-state index in [0.717, 1.165) is 4.39 Å². The van der Waals surface area contributed by atoms with Gasteiger partial charge in [0.15, 0.2) is 0 Å². The number of rotatable bonds is 0. The first-order chi connectivity index (χ1) is 2.00. The van der Waals surface area contributed by atoms with Crippen LogP contribution in [-0.4, -0.2) is 33.5 Å². The maximum Gasteiger partial charge on any atom is 0.372 e. The zero-order valence-electron chi connectivity index (χ0n) is 4.45. The van der Waals surface area contributed by atoms with Gasteiger partial charge < -0.3 is 4.39 Å². The Labute approximate surface area is 34.6 Å². The molecule has 0 saturated carbocycles. The molecule has 5 heavy (non-hydrogen) atoms. The van der Waals surface area contributed by atoms with Crippen molar-refractivity contribution in [1.29, 1.82) is 0 Å². The van der Waals surface area contributed by atoms with E-state index in [1.54, 1.807) is 0 Å². The monoisotopic (exact) mass is 72.1 g/mol. The lowest BCUT2D eigenvalue weighted by Crippen LogP contribution is -2.29. The van der Waals surface area contributed by atoms with Crippen molar-refractivity contribution in [2.24, 2.45) is 0 Å². The summed E-state index contributed by atoms with van der Waals surface area (Å²) < 4.78 is 1.00. The van der Waals surface area contributed by atoms with Crippen LogP contribution in [0.1, 0.15) is 0 Å². The molecule has 0 aromatic rings. The predicted octanol–water partition coefficient (Wildman–Crippen LogP) is -0.759. The molecule has 0 heterocycles. The summed E-state index contributed by atoms with van der Waals surface area (Å²) >= 11 is 0. The molecule has 30 valence electrons. The first-order valence-corrected chi connectivity index (χ1v) is 1.79. The summed E-state index contributed by atoms with van der Waals surface area (Å²) in [6.45, 7) is 0. The topological polar surface area (TPSA) is 0 Å². The molecule has 0 bridgehead atoms. The van der Waals surface area contributed by atoms with E-state index in [4.69, 9.17) is 0 Å². The smallest absolute Gasteiger partial charge is 0.372 e. The molecule has 0 unspecified atom stereocenters. The molecule has 0 aromatic heterocycles. The first kappa shape index (κ1) is 5.02. The molecule has 0 aliphatic heterocycles. The maximum atomic E-state index is 2.12. The van der Waals surface area contributed by atoms with Gasteiger partial charge in [-0.3, -0.25) is 0 Å². The Kier molecular flexibility index (Phi) is 1.02. The number of nitrogens with zero attached hydrogens (tertiary/aromatic N) is 1. The molecule has 2 heteroatoms. The molecule has 0 rings (SSSR count). The summed E-state index contributed by atoms with van der Waals surface area (Å²) in [4.78, 5) is 0. The van der Waals surface area contributed by atoms with Gasteiger partial charge in [0, 0.05) is 21.1 Å². The molecule has 0 saturated heterocycles. The number of quaternary nitrogens is 1. The molecular weight excluding hydrogens is 60.9 g/mol. The Morgan fingerprint density at radius 2 is 1.20 bits per heavy atom. The Hall–Kier alpha value is 0.0249. The van der Waals surface area contributed by atoms with Crippen LogP contribution < -0.4 is 0 Å². The van der Waals surface area contributed by atoms with Gasteiger partial charge in [-0.1, -0.05) is 0 Å². The molecule has 0 aliphatic rings. The molecule has 0 aromatic carbocycles. The number of hydrogen-bond acceptors (Lipinski definition) is 0. The third kappa shape index (κ3) is 26500. The van der Waals surface area contributed by atoms with Crippen LogP contribution in [0, 0.1) is 0 Å². The minimum Gasteiger partial charge on any atom is -0.407 e. The highest BCUT2D eigenvalue weighted by atomic mass is 15.2. The van der Waals surface area contributed by atoms with Crippen molar-refractivity contribution in [3.05, 3.63) is 0 Å². The largest absolute Gasteiger partial charge is 0.407 e. The average Bonchev–Trinajstić information content (AvgIpc) is 0.722. The zero-order valence-corrected chi connectivity index (χ0v) is 4.45. The van der Waals surface area contributed by atoms with Gasteiger partial charge in [0.1, 0.15) is 0 Å². The summed E-state index contributed by atoms with van der Waals surface area (Å²) in [6.07, 6.45) is 0. The average molecular weight is 71.9 g/mol. The Morgan fingerprint density at radius 3 is 1.20 bits per heavy atom. The molecule has 0 fully saturated rings. The highest BCUT2D eigenvalue weighted by Crippen LogP contribution is 1.71. The van der Waals surface area contributed by atoms with E-state index in [1.165, 1.54) is 0 Å². The van der Waals surface area contributed by atoms with Gasteiger partial charge in [-0.15, -0.1) is 0 Å². The summed E-state index contributed by atoms with van der Waals surface area (Å²) in [5.74, 6) is 0. The number of hydrogen-bond donors (Lipinski definition) is 0. The fourth-order valence-corrected chi connectivity index (χ4v) is 0. The molecule has 0 radical (unpaired) electrons. The van der Waals surface area contributed by atoms with Crippen molar-refractivity contribution in [1.82, 2.24) is 0 Å². The third-order valence-electron chi connectivity index (χ3n) is 0. The van der Waals surface area contributed by atoms with Crippen LogP contribution in [0.5, 0.6) is 0 Å². The second-order valence-corrected chi connectivity index (χ2v) is 2.68. The van der Waals surface area contributed by atoms with Gasteiger partial charge in [0.25, 0.3) is 0 Å². The van der Waals surface area contributed by atoms with Gasteiger partial charge in [0.2, 0.25) is 0 Å². The standard InChI is InChI=1S/C3H11BN/c1-5(2,3)4/h4H2,1-3H3/q+1. The third-order valence-corrected chi connectivity index (χ3v) is 0. The van der Waals surface area contributed by atoms with E-state index in [9.17, 15) is 0 Å². The van der Waals surface area contributed by atoms with E-state index in [2.05, 4.69) is 29.1 Å². The van der Waals surface area contributed by atoms with Crippen molar-refractivity contribution in [3.63, 3.8) is 0 Å². The lowest BCUT2D eigenvalue weighted by atomic mass is 10.3. The lowest BCUT2D eigenvalue weighted by Gasteiger charge is -2.16. The highest BCUT2D eigenvalue weighted by Gasteiger charge is 1.89. The SMILES string of the molecule is B[N+](C)(C)C. The quantitative estimate of drug-likeness (QED) is 0.330. The van der Waals surface area contributed by atoms with Crippen LogP contribution in [0.15, 0.2) is 0 Å². The maximum absolute atomic E-state index is 2.12. The van der Waals surface area contributed by atoms with Gasteiger partial charge in [-0.05, 0) is 0 Å². The van der Waals surface area contributed by atoms with Crippen molar-refractivity contribution in [2.75, 3.05) is 21.1 Å². The minimum absolute atomic E-state index is 1.00. The van der Waals surface area contributed by atoms with Crippen LogP contribution in [0.3, 0.4) is 0 Å². The summed E-state index contributed by atoms with van der Waals surface area (Å²) in [5.41, 5.74) is 0. The van der Waals surface area contributed by atoms with Crippen LogP contribution in [-0.2, 0) is 0 Å². The summed E-state index contributed by atoms with van der Waals surface area (Å²) in [6, 6.07) is 0. The van der Waals surface area contributed by atoms with E-state index >= 15 is 0 Å². The second kappa shape index (κ2) is 1.01. The second-order valence-electron chi connectivity index (χ2n) is 2.68. The van der Waals surface area contributed by atoms with Crippen molar-refractivity contribution in [2.45, 2.75) is 0 Å². The van der Waals surface area contributed by atoms with E-state index < -0.39 is 0 Å². The Bertz CT molecular complexity index is 22.4. The van der Waals surface area contributed by atoms with E-state index in [0.29, 0.717) is 0 Å². The minimum atomic E-state index is 1.00. The summed E-state index contributed by atoms with van der Waals surface area (Å²) in [7, 11) is 8.50. The fraction of sp³-hybridized carbons (Fsp3) is 1.00. The van der Waals surface area contributed by atoms with Crippen LogP contribution >= 0.6 is 0 Å². The molecule has 0 amide bonds. The molecule has 0 aliphatic carbocycles. The fourth-order valence-electron chi connectivity index (χ4n) is 0. The van der Waals surface area contributed by atoms with E-state index in [-0.39, 0.29) is 0 Å². The van der Waals surface area contributed by atoms with Gasteiger partial charge in [0.05, 0.1) is 0 Å². The van der Waals surface area contributed by atoms with Crippen molar-refractivity contribution in [3.8, 4) is 0 Å². The summed E-state index contributed by atoms with van der Waals surface area (Å²) in [5, 5.41) is 0. The van der Waals surface area contributed by atoms with Gasteiger partial charge in [-0.2, -0.15) is 0 Å². The highest BCUT2D eigenvalue weighted by molar-refractivity contribution is 5.96. The van der Waals surface area contributed by atoms with Crippen molar-refractivity contribution >= 4 is 7.98 Å². The normalized spacial score (nSPS) is 11.8. The van der Waals surface area contributed by atoms with Gasteiger partial charge in [-0.25, -0.2) is 0 Å². The van der Waals surface area contributed by atoms with Crippen LogP contribution in [0.25, 0.3) is 0 Å². The molecule has 0 spiro atoms. The van der Waals surface area contributed by atoms with Gasteiger partial charge >= 0.3 is 7.98 Å². The molecule has 0 N–H and O–H groups in total.